The first-order valence-electron chi connectivity index (χ1n) is 7.03. The van der Waals surface area contributed by atoms with Crippen molar-refractivity contribution in [2.75, 3.05) is 6.54 Å². The molecule has 1 saturated heterocycles. The molecule has 0 radical (unpaired) electrons. The van der Waals surface area contributed by atoms with Gasteiger partial charge in [0.15, 0.2) is 0 Å². The van der Waals surface area contributed by atoms with Gasteiger partial charge in [0, 0.05) is 25.0 Å². The van der Waals surface area contributed by atoms with Crippen molar-refractivity contribution in [2.45, 2.75) is 32.2 Å². The smallest absolute Gasteiger partial charge is 0.305 e. The Kier molecular flexibility index (Phi) is 3.37. The Labute approximate surface area is 122 Å². The van der Waals surface area contributed by atoms with E-state index in [1.807, 2.05) is 29.7 Å². The summed E-state index contributed by atoms with van der Waals surface area (Å²) >= 11 is 0. The van der Waals surface area contributed by atoms with Crippen LogP contribution in [0.3, 0.4) is 0 Å². The van der Waals surface area contributed by atoms with Gasteiger partial charge in [-0.05, 0) is 37.5 Å². The molecule has 1 amide bonds. The van der Waals surface area contributed by atoms with Crippen LogP contribution in [0.25, 0.3) is 5.65 Å². The van der Waals surface area contributed by atoms with Crippen molar-refractivity contribution in [2.24, 2.45) is 0 Å². The highest BCUT2D eigenvalue weighted by Gasteiger charge is 2.32. The van der Waals surface area contributed by atoms with Crippen LogP contribution < -0.4 is 0 Å². The molecule has 1 aliphatic rings. The van der Waals surface area contributed by atoms with E-state index in [0.717, 1.165) is 24.1 Å². The number of carbonyl (C=O) groups excluding carboxylic acids is 1. The Morgan fingerprint density at radius 3 is 3.05 bits per heavy atom. The number of imidazole rings is 1. The topological polar surface area (TPSA) is 74.9 Å². The van der Waals surface area contributed by atoms with E-state index < -0.39 is 5.97 Å². The number of fused-ring (bicyclic) bond motifs is 1. The monoisotopic (exact) mass is 287 g/mol. The molecule has 3 rings (SSSR count). The number of hydrogen-bond donors (Lipinski definition) is 1. The number of carboxylic acid groups (broad SMARTS) is 1. The van der Waals surface area contributed by atoms with Gasteiger partial charge >= 0.3 is 5.97 Å². The normalized spacial score (nSPS) is 18.3. The second-order valence-electron chi connectivity index (χ2n) is 5.49. The molecule has 1 fully saturated rings. The van der Waals surface area contributed by atoms with Gasteiger partial charge in [0.2, 0.25) is 0 Å². The molecular weight excluding hydrogens is 270 g/mol. The summed E-state index contributed by atoms with van der Waals surface area (Å²) < 4.78 is 1.81. The Balaban J connectivity index is 1.87. The van der Waals surface area contributed by atoms with Crippen molar-refractivity contribution in [3.63, 3.8) is 0 Å². The Hall–Kier alpha value is -2.37. The number of amides is 1. The van der Waals surface area contributed by atoms with Crippen LogP contribution in [-0.4, -0.2) is 43.9 Å². The predicted molar refractivity (Wildman–Crippen MR) is 76.2 cm³/mol. The van der Waals surface area contributed by atoms with Crippen molar-refractivity contribution >= 4 is 17.5 Å². The fourth-order valence-electron chi connectivity index (χ4n) is 2.85. The van der Waals surface area contributed by atoms with Crippen LogP contribution in [0.1, 0.15) is 35.3 Å². The zero-order valence-electron chi connectivity index (χ0n) is 11.8. The third kappa shape index (κ3) is 2.61. The minimum Gasteiger partial charge on any atom is -0.481 e. The average molecular weight is 287 g/mol. The molecule has 1 unspecified atom stereocenters. The molecule has 0 spiro atoms. The molecule has 0 aliphatic carbocycles. The molecule has 2 aromatic heterocycles. The molecule has 1 N–H and O–H groups in total. The molecule has 110 valence electrons. The van der Waals surface area contributed by atoms with Gasteiger partial charge in [0.25, 0.3) is 5.91 Å². The van der Waals surface area contributed by atoms with Gasteiger partial charge in [0.05, 0.1) is 6.42 Å². The second kappa shape index (κ2) is 5.20. The van der Waals surface area contributed by atoms with Gasteiger partial charge in [-0.15, -0.1) is 0 Å². The number of carboxylic acids is 1. The third-order valence-electron chi connectivity index (χ3n) is 3.88. The Morgan fingerprint density at radius 2 is 2.29 bits per heavy atom. The Morgan fingerprint density at radius 1 is 1.48 bits per heavy atom. The molecule has 0 bridgehead atoms. The summed E-state index contributed by atoms with van der Waals surface area (Å²) in [6, 6.07) is 3.64. The molecule has 6 heteroatoms. The number of hydrogen-bond acceptors (Lipinski definition) is 3. The van der Waals surface area contributed by atoms with Crippen molar-refractivity contribution in [1.29, 1.82) is 0 Å². The first-order chi connectivity index (χ1) is 10.0. The third-order valence-corrected chi connectivity index (χ3v) is 3.88. The number of pyridine rings is 1. The van der Waals surface area contributed by atoms with E-state index in [2.05, 4.69) is 4.98 Å². The van der Waals surface area contributed by atoms with Crippen molar-refractivity contribution < 1.29 is 14.7 Å². The number of nitrogens with zero attached hydrogens (tertiary/aromatic N) is 3. The van der Waals surface area contributed by atoms with Gasteiger partial charge in [-0.1, -0.05) is 0 Å². The highest BCUT2D eigenvalue weighted by atomic mass is 16.4. The Bertz CT molecular complexity index is 707. The number of likely N-dealkylation sites (tertiary alicyclic amines) is 1. The van der Waals surface area contributed by atoms with E-state index in [9.17, 15) is 9.59 Å². The first-order valence-corrected chi connectivity index (χ1v) is 7.03. The van der Waals surface area contributed by atoms with Crippen LogP contribution in [-0.2, 0) is 4.79 Å². The summed E-state index contributed by atoms with van der Waals surface area (Å²) in [5, 5.41) is 8.93. The van der Waals surface area contributed by atoms with E-state index in [0.29, 0.717) is 12.2 Å². The van der Waals surface area contributed by atoms with Gasteiger partial charge in [-0.3, -0.25) is 9.59 Å². The van der Waals surface area contributed by atoms with E-state index in [4.69, 9.17) is 5.11 Å². The molecule has 3 heterocycles. The quantitative estimate of drug-likeness (QED) is 0.932. The van der Waals surface area contributed by atoms with Crippen LogP contribution in [0, 0.1) is 6.92 Å². The molecule has 6 nitrogen and oxygen atoms in total. The average Bonchev–Trinajstić information content (AvgIpc) is 3.03. The lowest BCUT2D eigenvalue weighted by Gasteiger charge is -2.22. The maximum Gasteiger partial charge on any atom is 0.305 e. The SMILES string of the molecule is Cc1ccn2cc(C(=O)N3CCCC3CC(=O)O)nc2c1. The van der Waals surface area contributed by atoms with Gasteiger partial charge in [-0.25, -0.2) is 4.98 Å². The van der Waals surface area contributed by atoms with Gasteiger partial charge < -0.3 is 14.4 Å². The largest absolute Gasteiger partial charge is 0.481 e. The molecular formula is C15H17N3O3. The summed E-state index contributed by atoms with van der Waals surface area (Å²) in [7, 11) is 0. The minimum absolute atomic E-state index is 0.00177. The van der Waals surface area contributed by atoms with Crippen LogP contribution >= 0.6 is 0 Å². The molecule has 1 aliphatic heterocycles. The van der Waals surface area contributed by atoms with E-state index in [1.165, 1.54) is 0 Å². The summed E-state index contributed by atoms with van der Waals surface area (Å²) in [4.78, 5) is 29.4. The van der Waals surface area contributed by atoms with E-state index >= 15 is 0 Å². The highest BCUT2D eigenvalue weighted by molar-refractivity contribution is 5.93. The number of carbonyl (C=O) groups is 2. The van der Waals surface area contributed by atoms with Crippen LogP contribution in [0.5, 0.6) is 0 Å². The summed E-state index contributed by atoms with van der Waals surface area (Å²) in [5.41, 5.74) is 2.18. The maximum atomic E-state index is 12.6. The van der Waals surface area contributed by atoms with Gasteiger partial charge in [0.1, 0.15) is 11.3 Å². The summed E-state index contributed by atoms with van der Waals surface area (Å²) in [6.07, 6.45) is 5.15. The van der Waals surface area contributed by atoms with Crippen molar-refractivity contribution in [1.82, 2.24) is 14.3 Å². The summed E-state index contributed by atoms with van der Waals surface area (Å²) in [5.74, 6) is -1.05. The van der Waals surface area contributed by atoms with Gasteiger partial charge in [-0.2, -0.15) is 0 Å². The number of aryl methyl sites for hydroxylation is 1. The van der Waals surface area contributed by atoms with E-state index in [1.54, 1.807) is 11.1 Å². The van der Waals surface area contributed by atoms with Crippen molar-refractivity contribution in [3.05, 3.63) is 35.8 Å². The van der Waals surface area contributed by atoms with Crippen molar-refractivity contribution in [3.8, 4) is 0 Å². The van der Waals surface area contributed by atoms with E-state index in [-0.39, 0.29) is 18.4 Å². The maximum absolute atomic E-state index is 12.6. The lowest BCUT2D eigenvalue weighted by molar-refractivity contribution is -0.137. The number of aliphatic carboxylic acids is 1. The molecule has 0 saturated carbocycles. The number of aromatic nitrogens is 2. The first kappa shape index (κ1) is 13.6. The highest BCUT2D eigenvalue weighted by Crippen LogP contribution is 2.22. The zero-order chi connectivity index (χ0) is 15.0. The van der Waals surface area contributed by atoms with Crippen LogP contribution in [0.2, 0.25) is 0 Å². The lowest BCUT2D eigenvalue weighted by Crippen LogP contribution is -2.37. The standard InChI is InChI=1S/C15H17N3O3/c1-10-4-6-17-9-12(16-13(17)7-10)15(21)18-5-2-3-11(18)8-14(19)20/h4,6-7,9,11H,2-3,5,8H2,1H3,(H,19,20). The second-order valence-corrected chi connectivity index (χ2v) is 5.49. The zero-order valence-corrected chi connectivity index (χ0v) is 11.8. The molecule has 2 aromatic rings. The molecule has 1 atom stereocenters. The molecule has 21 heavy (non-hydrogen) atoms. The molecule has 0 aromatic carbocycles. The lowest BCUT2D eigenvalue weighted by atomic mass is 10.1. The number of rotatable bonds is 3. The van der Waals surface area contributed by atoms with Crippen LogP contribution in [0.15, 0.2) is 24.5 Å². The van der Waals surface area contributed by atoms with Crippen LogP contribution in [0.4, 0.5) is 0 Å². The minimum atomic E-state index is -0.870. The predicted octanol–water partition coefficient (Wildman–Crippen LogP) is 1.72. The fraction of sp³-hybridized carbons (Fsp3) is 0.400. The summed E-state index contributed by atoms with van der Waals surface area (Å²) in [6.45, 7) is 2.57. The fourth-order valence-corrected chi connectivity index (χ4v) is 2.85.